The van der Waals surface area contributed by atoms with Crippen molar-refractivity contribution in [2.24, 2.45) is 5.10 Å². The molecule has 0 aliphatic heterocycles. The number of rotatable bonds is 4. The number of phenolic OH excluding ortho intramolecular Hbond substituents is 1. The highest BCUT2D eigenvalue weighted by atomic mass is 19.1. The van der Waals surface area contributed by atoms with Gasteiger partial charge in [0.25, 0.3) is 5.91 Å². The summed E-state index contributed by atoms with van der Waals surface area (Å²) in [5.74, 6) is -1.20. The number of halogens is 1. The van der Waals surface area contributed by atoms with Gasteiger partial charge in [-0.2, -0.15) is 10.3 Å². The molecule has 1 amide bonds. The van der Waals surface area contributed by atoms with Crippen molar-refractivity contribution < 1.29 is 14.3 Å². The van der Waals surface area contributed by atoms with Crippen LogP contribution < -0.4 is 10.9 Å². The molecule has 0 unspecified atom stereocenters. The molecule has 0 radical (unpaired) electrons. The third-order valence-electron chi connectivity index (χ3n) is 3.16. The van der Waals surface area contributed by atoms with Gasteiger partial charge in [0.1, 0.15) is 11.6 Å². The average Bonchev–Trinajstić information content (AvgIpc) is 2.95. The van der Waals surface area contributed by atoms with Crippen LogP contribution in [0.25, 0.3) is 0 Å². The van der Waals surface area contributed by atoms with Crippen LogP contribution in [-0.2, 0) is 0 Å². The molecule has 1 heterocycles. The molecule has 2 aromatic carbocycles. The first-order chi connectivity index (χ1) is 12.0. The topological polar surface area (TPSA) is 112 Å². The number of H-pyrrole nitrogens is 1. The lowest BCUT2D eigenvalue weighted by atomic mass is 10.2. The van der Waals surface area contributed by atoms with Crippen LogP contribution in [-0.4, -0.2) is 32.3 Å². The number of nitrogens with zero attached hydrogens (tertiary/aromatic N) is 3. The Bertz CT molecular complexity index is 992. The Morgan fingerprint density at radius 2 is 2.04 bits per heavy atom. The van der Waals surface area contributed by atoms with Crippen LogP contribution in [0.2, 0.25) is 0 Å². The summed E-state index contributed by atoms with van der Waals surface area (Å²) in [6.45, 7) is 0. The van der Waals surface area contributed by atoms with E-state index in [4.69, 9.17) is 0 Å². The van der Waals surface area contributed by atoms with E-state index in [1.807, 2.05) is 0 Å². The first-order valence-corrected chi connectivity index (χ1v) is 7.10. The number of benzene rings is 2. The Kier molecular flexibility index (Phi) is 4.38. The third-order valence-corrected chi connectivity index (χ3v) is 3.16. The maximum atomic E-state index is 13.1. The molecule has 1 aromatic heterocycles. The van der Waals surface area contributed by atoms with Crippen molar-refractivity contribution in [3.8, 4) is 5.75 Å². The van der Waals surface area contributed by atoms with Crippen molar-refractivity contribution >= 4 is 17.8 Å². The van der Waals surface area contributed by atoms with Crippen LogP contribution in [0.15, 0.2) is 58.4 Å². The summed E-state index contributed by atoms with van der Waals surface area (Å²) in [6, 6.07) is 11.4. The number of aromatic hydroxyl groups is 1. The standard InChI is InChI=1S/C16H12FN5O3/c17-11-2-1-3-12(8-11)19-15(24)14-16(25)22(21-20-14)18-9-10-4-6-13(23)7-5-10/h1-9,21,23H,(H,19,24)/b18-9+. The molecule has 0 aliphatic rings. The van der Waals surface area contributed by atoms with E-state index in [-0.39, 0.29) is 11.4 Å². The molecule has 0 aliphatic carbocycles. The van der Waals surface area contributed by atoms with Crippen LogP contribution >= 0.6 is 0 Å². The van der Waals surface area contributed by atoms with E-state index in [1.54, 1.807) is 12.1 Å². The predicted molar refractivity (Wildman–Crippen MR) is 88.3 cm³/mol. The summed E-state index contributed by atoms with van der Waals surface area (Å²) in [4.78, 5) is 25.0. The van der Waals surface area contributed by atoms with Crippen LogP contribution in [0.1, 0.15) is 16.1 Å². The van der Waals surface area contributed by atoms with Gasteiger partial charge in [0.15, 0.2) is 0 Å². The van der Waals surface area contributed by atoms with Crippen LogP contribution in [0.5, 0.6) is 5.75 Å². The Hall–Kier alpha value is -3.75. The predicted octanol–water partition coefficient (Wildman–Crippen LogP) is 1.55. The summed E-state index contributed by atoms with van der Waals surface area (Å²) >= 11 is 0. The van der Waals surface area contributed by atoms with E-state index in [1.165, 1.54) is 36.5 Å². The van der Waals surface area contributed by atoms with Crippen molar-refractivity contribution in [2.75, 3.05) is 5.32 Å². The molecular weight excluding hydrogens is 329 g/mol. The minimum Gasteiger partial charge on any atom is -0.508 e. The smallest absolute Gasteiger partial charge is 0.320 e. The molecule has 3 rings (SSSR count). The largest absolute Gasteiger partial charge is 0.508 e. The molecule has 8 nitrogen and oxygen atoms in total. The third kappa shape index (κ3) is 3.78. The maximum absolute atomic E-state index is 13.1. The lowest BCUT2D eigenvalue weighted by molar-refractivity contribution is 0.102. The van der Waals surface area contributed by atoms with Crippen molar-refractivity contribution in [1.82, 2.24) is 15.1 Å². The zero-order chi connectivity index (χ0) is 17.8. The van der Waals surface area contributed by atoms with Gasteiger partial charge in [-0.3, -0.25) is 9.59 Å². The second-order valence-corrected chi connectivity index (χ2v) is 4.98. The summed E-state index contributed by atoms with van der Waals surface area (Å²) < 4.78 is 13.1. The average molecular weight is 341 g/mol. The summed E-state index contributed by atoms with van der Waals surface area (Å²) in [5.41, 5.74) is -0.340. The number of hydrogen-bond donors (Lipinski definition) is 3. The number of aromatic nitrogens is 3. The van der Waals surface area contributed by atoms with Crippen LogP contribution in [0, 0.1) is 5.82 Å². The zero-order valence-electron chi connectivity index (χ0n) is 12.7. The number of anilines is 1. The first-order valence-electron chi connectivity index (χ1n) is 7.10. The number of phenols is 1. The van der Waals surface area contributed by atoms with Gasteiger partial charge < -0.3 is 10.4 Å². The van der Waals surface area contributed by atoms with E-state index in [2.05, 4.69) is 20.7 Å². The van der Waals surface area contributed by atoms with Crippen LogP contribution in [0.3, 0.4) is 0 Å². The molecule has 126 valence electrons. The van der Waals surface area contributed by atoms with Gasteiger partial charge in [-0.05, 0) is 48.0 Å². The second kappa shape index (κ2) is 6.79. The molecule has 3 N–H and O–H groups in total. The van der Waals surface area contributed by atoms with Gasteiger partial charge in [-0.1, -0.05) is 6.07 Å². The molecule has 0 fully saturated rings. The highest BCUT2D eigenvalue weighted by Gasteiger charge is 2.16. The van der Waals surface area contributed by atoms with E-state index in [0.29, 0.717) is 5.56 Å². The first kappa shape index (κ1) is 16.1. The molecule has 0 saturated heterocycles. The fourth-order valence-electron chi connectivity index (χ4n) is 1.96. The van der Waals surface area contributed by atoms with Crippen molar-refractivity contribution in [1.29, 1.82) is 0 Å². The molecule has 9 heteroatoms. The monoisotopic (exact) mass is 341 g/mol. The van der Waals surface area contributed by atoms with Crippen molar-refractivity contribution in [3.05, 3.63) is 76.0 Å². The van der Waals surface area contributed by atoms with Crippen molar-refractivity contribution in [3.63, 3.8) is 0 Å². The fourth-order valence-corrected chi connectivity index (χ4v) is 1.96. The zero-order valence-corrected chi connectivity index (χ0v) is 12.7. The number of amides is 1. The Balaban J connectivity index is 1.77. The molecule has 0 bridgehead atoms. The maximum Gasteiger partial charge on any atom is 0.320 e. The van der Waals surface area contributed by atoms with Crippen molar-refractivity contribution in [2.45, 2.75) is 0 Å². The van der Waals surface area contributed by atoms with E-state index >= 15 is 0 Å². The fraction of sp³-hybridized carbons (Fsp3) is 0. The highest BCUT2D eigenvalue weighted by molar-refractivity contribution is 6.02. The van der Waals surface area contributed by atoms with Gasteiger partial charge in [-0.15, -0.1) is 9.89 Å². The van der Waals surface area contributed by atoms with E-state index in [0.717, 1.165) is 10.9 Å². The number of carbonyl (C=O) groups is 1. The van der Waals surface area contributed by atoms with Gasteiger partial charge in [0.05, 0.1) is 6.21 Å². The number of carbonyl (C=O) groups excluding carboxylic acids is 1. The molecule has 0 atom stereocenters. The molecule has 3 aromatic rings. The van der Waals surface area contributed by atoms with E-state index < -0.39 is 23.0 Å². The van der Waals surface area contributed by atoms with Gasteiger partial charge in [0, 0.05) is 5.69 Å². The Labute approximate surface area is 140 Å². The summed E-state index contributed by atoms with van der Waals surface area (Å²) in [7, 11) is 0. The quantitative estimate of drug-likeness (QED) is 0.625. The molecular formula is C16H12FN5O3. The van der Waals surface area contributed by atoms with Gasteiger partial charge in [0.2, 0.25) is 5.69 Å². The lowest BCUT2D eigenvalue weighted by Crippen LogP contribution is -2.23. The molecule has 0 spiro atoms. The lowest BCUT2D eigenvalue weighted by Gasteiger charge is -2.01. The van der Waals surface area contributed by atoms with Gasteiger partial charge in [-0.25, -0.2) is 4.39 Å². The number of hydrogen-bond acceptors (Lipinski definition) is 5. The summed E-state index contributed by atoms with van der Waals surface area (Å²) in [6.07, 6.45) is 1.35. The van der Waals surface area contributed by atoms with Gasteiger partial charge >= 0.3 is 5.56 Å². The highest BCUT2D eigenvalue weighted by Crippen LogP contribution is 2.10. The van der Waals surface area contributed by atoms with Crippen LogP contribution in [0.4, 0.5) is 10.1 Å². The number of aromatic amines is 1. The van der Waals surface area contributed by atoms with E-state index in [9.17, 15) is 19.1 Å². The minimum atomic E-state index is -0.787. The SMILES string of the molecule is O=C(Nc1cccc(F)c1)c1n[nH]n(/N=C/c2ccc(O)cc2)c1=O. The second-order valence-electron chi connectivity index (χ2n) is 4.98. The number of nitrogens with one attached hydrogen (secondary N) is 2. The summed E-state index contributed by atoms with van der Waals surface area (Å²) in [5, 5.41) is 21.4. The Morgan fingerprint density at radius 1 is 1.28 bits per heavy atom. The normalized spacial score (nSPS) is 10.9. The molecule has 0 saturated carbocycles. The minimum absolute atomic E-state index is 0.104. The Morgan fingerprint density at radius 3 is 2.76 bits per heavy atom. The molecule has 25 heavy (non-hydrogen) atoms.